The molecule has 0 atom stereocenters. The second kappa shape index (κ2) is 4.62. The minimum Gasteiger partial charge on any atom is -0.398 e. The minimum absolute atomic E-state index is 0.265. The van der Waals surface area contributed by atoms with Gasteiger partial charge in [0.15, 0.2) is 0 Å². The number of rotatable bonds is 2. The average molecular weight is 264 g/mol. The van der Waals surface area contributed by atoms with Crippen molar-refractivity contribution in [1.82, 2.24) is 9.97 Å². The van der Waals surface area contributed by atoms with Gasteiger partial charge in [0.1, 0.15) is 5.69 Å². The molecule has 0 spiro atoms. The molecule has 2 aromatic heterocycles. The Hall–Kier alpha value is -2.95. The Morgan fingerprint density at radius 1 is 1.05 bits per heavy atom. The molecule has 0 saturated carbocycles. The maximum atomic E-state index is 12.4. The summed E-state index contributed by atoms with van der Waals surface area (Å²) in [6, 6.07) is 10.6. The molecule has 5 heteroatoms. The fourth-order valence-corrected chi connectivity index (χ4v) is 2.05. The normalized spacial score (nSPS) is 10.6. The zero-order valence-electron chi connectivity index (χ0n) is 10.6. The van der Waals surface area contributed by atoms with E-state index in [-0.39, 0.29) is 11.5 Å². The SMILES string of the molecule is Nc1ccncc1C(=O)c1cc(N)c2ccccc2n1. The number of aromatic nitrogens is 2. The van der Waals surface area contributed by atoms with Gasteiger partial charge in [-0.2, -0.15) is 0 Å². The largest absolute Gasteiger partial charge is 0.398 e. The molecular formula is C15H12N4O. The van der Waals surface area contributed by atoms with Crippen molar-refractivity contribution in [3.63, 3.8) is 0 Å². The highest BCUT2D eigenvalue weighted by Crippen LogP contribution is 2.22. The van der Waals surface area contributed by atoms with E-state index >= 15 is 0 Å². The Morgan fingerprint density at radius 2 is 1.85 bits per heavy atom. The number of hydrogen-bond acceptors (Lipinski definition) is 5. The van der Waals surface area contributed by atoms with Crippen molar-refractivity contribution in [2.45, 2.75) is 0 Å². The minimum atomic E-state index is -0.284. The molecule has 0 unspecified atom stereocenters. The first kappa shape index (κ1) is 12.1. The molecule has 0 aliphatic carbocycles. The predicted molar refractivity (Wildman–Crippen MR) is 78.2 cm³/mol. The van der Waals surface area contributed by atoms with Crippen LogP contribution in [0.1, 0.15) is 16.1 Å². The second-order valence-electron chi connectivity index (χ2n) is 4.41. The van der Waals surface area contributed by atoms with Crippen molar-refractivity contribution in [3.8, 4) is 0 Å². The van der Waals surface area contributed by atoms with E-state index in [0.717, 1.165) is 5.39 Å². The number of carbonyl (C=O) groups is 1. The van der Waals surface area contributed by atoms with Crippen LogP contribution in [0.5, 0.6) is 0 Å². The van der Waals surface area contributed by atoms with Crippen LogP contribution >= 0.6 is 0 Å². The molecule has 0 radical (unpaired) electrons. The van der Waals surface area contributed by atoms with Crippen LogP contribution in [-0.4, -0.2) is 15.8 Å². The van der Waals surface area contributed by atoms with Gasteiger partial charge in [-0.3, -0.25) is 9.78 Å². The van der Waals surface area contributed by atoms with E-state index in [1.807, 2.05) is 24.3 Å². The average Bonchev–Trinajstić information content (AvgIpc) is 2.47. The third-order valence-electron chi connectivity index (χ3n) is 3.08. The van der Waals surface area contributed by atoms with E-state index < -0.39 is 0 Å². The summed E-state index contributed by atoms with van der Waals surface area (Å²) in [6.45, 7) is 0. The quantitative estimate of drug-likeness (QED) is 0.690. The van der Waals surface area contributed by atoms with Crippen molar-refractivity contribution in [3.05, 3.63) is 60.0 Å². The third kappa shape index (κ3) is 1.95. The number of ketones is 1. The summed E-state index contributed by atoms with van der Waals surface area (Å²) in [5.41, 5.74) is 13.9. The molecule has 0 aliphatic heterocycles. The number of nitrogen functional groups attached to an aromatic ring is 2. The fraction of sp³-hybridized carbons (Fsp3) is 0. The summed E-state index contributed by atoms with van der Waals surface area (Å²) in [6.07, 6.45) is 2.97. The van der Waals surface area contributed by atoms with Crippen LogP contribution in [0.4, 0.5) is 11.4 Å². The van der Waals surface area contributed by atoms with Crippen LogP contribution < -0.4 is 11.5 Å². The van der Waals surface area contributed by atoms with Crippen LogP contribution in [0, 0.1) is 0 Å². The summed E-state index contributed by atoms with van der Waals surface area (Å²) >= 11 is 0. The molecule has 4 N–H and O–H groups in total. The number of pyridine rings is 2. The van der Waals surface area contributed by atoms with Crippen LogP contribution in [0.2, 0.25) is 0 Å². The van der Waals surface area contributed by atoms with E-state index in [2.05, 4.69) is 9.97 Å². The number of benzene rings is 1. The van der Waals surface area contributed by atoms with Gasteiger partial charge in [-0.15, -0.1) is 0 Å². The summed E-state index contributed by atoms with van der Waals surface area (Å²) < 4.78 is 0. The van der Waals surface area contributed by atoms with Crippen molar-refractivity contribution >= 4 is 28.1 Å². The number of hydrogen-bond donors (Lipinski definition) is 2. The monoisotopic (exact) mass is 264 g/mol. The molecule has 20 heavy (non-hydrogen) atoms. The van der Waals surface area contributed by atoms with E-state index in [0.29, 0.717) is 22.5 Å². The first-order valence-electron chi connectivity index (χ1n) is 6.06. The predicted octanol–water partition coefficient (Wildman–Crippen LogP) is 2.03. The Balaban J connectivity index is 2.16. The first-order valence-corrected chi connectivity index (χ1v) is 6.06. The molecule has 0 bridgehead atoms. The number of nitrogens with two attached hydrogens (primary N) is 2. The molecule has 0 aliphatic rings. The molecule has 0 saturated heterocycles. The van der Waals surface area contributed by atoms with Crippen LogP contribution in [-0.2, 0) is 0 Å². The molecule has 0 amide bonds. The van der Waals surface area contributed by atoms with Gasteiger partial charge >= 0.3 is 0 Å². The smallest absolute Gasteiger partial charge is 0.215 e. The molecule has 3 rings (SSSR count). The van der Waals surface area contributed by atoms with Crippen LogP contribution in [0.15, 0.2) is 48.8 Å². The Morgan fingerprint density at radius 3 is 2.65 bits per heavy atom. The summed E-state index contributed by atoms with van der Waals surface area (Å²) in [5, 5.41) is 0.822. The number of nitrogens with zero attached hydrogens (tertiary/aromatic N) is 2. The van der Waals surface area contributed by atoms with E-state index in [1.165, 1.54) is 12.4 Å². The van der Waals surface area contributed by atoms with Gasteiger partial charge in [0, 0.05) is 29.2 Å². The number of fused-ring (bicyclic) bond motifs is 1. The Kier molecular flexibility index (Phi) is 2.80. The fourth-order valence-electron chi connectivity index (χ4n) is 2.05. The third-order valence-corrected chi connectivity index (χ3v) is 3.08. The summed E-state index contributed by atoms with van der Waals surface area (Å²) in [7, 11) is 0. The number of para-hydroxylation sites is 1. The van der Waals surface area contributed by atoms with Crippen molar-refractivity contribution < 1.29 is 4.79 Å². The van der Waals surface area contributed by atoms with Crippen molar-refractivity contribution in [2.24, 2.45) is 0 Å². The number of carbonyl (C=O) groups excluding carboxylic acids is 1. The Labute approximate surface area is 115 Å². The van der Waals surface area contributed by atoms with E-state index in [1.54, 1.807) is 12.1 Å². The molecule has 98 valence electrons. The van der Waals surface area contributed by atoms with Crippen LogP contribution in [0.3, 0.4) is 0 Å². The topological polar surface area (TPSA) is 94.9 Å². The molecule has 3 aromatic rings. The van der Waals surface area contributed by atoms with Crippen LogP contribution in [0.25, 0.3) is 10.9 Å². The summed E-state index contributed by atoms with van der Waals surface area (Å²) in [5.74, 6) is -0.284. The lowest BCUT2D eigenvalue weighted by Crippen LogP contribution is -2.08. The molecule has 5 nitrogen and oxygen atoms in total. The lowest BCUT2D eigenvalue weighted by molar-refractivity contribution is 0.103. The van der Waals surface area contributed by atoms with Gasteiger partial charge in [0.05, 0.1) is 11.1 Å². The van der Waals surface area contributed by atoms with Gasteiger partial charge in [-0.1, -0.05) is 18.2 Å². The lowest BCUT2D eigenvalue weighted by atomic mass is 10.1. The van der Waals surface area contributed by atoms with Gasteiger partial charge in [0.25, 0.3) is 0 Å². The Bertz CT molecular complexity index is 814. The zero-order chi connectivity index (χ0) is 14.1. The van der Waals surface area contributed by atoms with E-state index in [9.17, 15) is 4.79 Å². The standard InChI is InChI=1S/C15H12N4O/c16-11-5-6-18-8-10(11)15(20)14-7-12(17)9-3-1-2-4-13(9)19-14/h1-8H,(H2,16,18)(H2,17,19). The zero-order valence-corrected chi connectivity index (χ0v) is 10.6. The first-order chi connectivity index (χ1) is 9.66. The maximum Gasteiger partial charge on any atom is 0.215 e. The molecule has 0 fully saturated rings. The van der Waals surface area contributed by atoms with Gasteiger partial charge in [0.2, 0.25) is 5.78 Å². The maximum absolute atomic E-state index is 12.4. The molecule has 1 aromatic carbocycles. The highest BCUT2D eigenvalue weighted by molar-refractivity contribution is 6.12. The molecular weight excluding hydrogens is 252 g/mol. The van der Waals surface area contributed by atoms with E-state index in [4.69, 9.17) is 11.5 Å². The lowest BCUT2D eigenvalue weighted by Gasteiger charge is -2.07. The highest BCUT2D eigenvalue weighted by Gasteiger charge is 2.15. The van der Waals surface area contributed by atoms with Crippen molar-refractivity contribution in [2.75, 3.05) is 11.5 Å². The highest BCUT2D eigenvalue weighted by atomic mass is 16.1. The van der Waals surface area contributed by atoms with Gasteiger partial charge in [-0.05, 0) is 18.2 Å². The second-order valence-corrected chi connectivity index (χ2v) is 4.41. The number of anilines is 2. The van der Waals surface area contributed by atoms with Crippen molar-refractivity contribution in [1.29, 1.82) is 0 Å². The molecule has 2 heterocycles. The van der Waals surface area contributed by atoms with Gasteiger partial charge < -0.3 is 11.5 Å². The van der Waals surface area contributed by atoms with Gasteiger partial charge in [-0.25, -0.2) is 4.98 Å². The summed E-state index contributed by atoms with van der Waals surface area (Å²) in [4.78, 5) is 20.7.